The monoisotopic (exact) mass is 2350 g/mol. The van der Waals surface area contributed by atoms with Crippen molar-refractivity contribution in [2.24, 2.45) is 0 Å². The van der Waals surface area contributed by atoms with E-state index in [2.05, 4.69) is 366 Å². The van der Waals surface area contributed by atoms with Crippen LogP contribution in [0.3, 0.4) is 0 Å². The van der Waals surface area contributed by atoms with Crippen molar-refractivity contribution >= 4 is 179 Å². The number of benzene rings is 16. The van der Waals surface area contributed by atoms with E-state index in [1.54, 1.807) is 37.4 Å². The van der Waals surface area contributed by atoms with Crippen LogP contribution in [0.5, 0.6) is 40.2 Å². The molecular formula is C110H97B3Br6I2O11. The van der Waals surface area contributed by atoms with E-state index in [4.69, 9.17) is 47.6 Å². The third-order valence-electron chi connectivity index (χ3n) is 21.9. The standard InChI is InChI=1S/C36H40B2O5.C24H16Br2O.C13H11BrO.C12H8BrI.C12H9BrO.C7H8BBrO3.C6H5I/c1-33(2)34(3,4)41-37(40-33)29-19-27(25-15-11-9-12-16-25)21-31(23-29)39-32-22-28(26-17-13-10-14-18-26)20-30(24-32)38-42-35(5,6)36(7,8)43-38;25-21-11-19(17-7-3-1-4-8-17)13-23(15-21)27-24-14-20(12-22(26)16-24)18-9-5-2-6-10-18;1-15-13-8-11(7-12(14)9-13)10-5-3-2-4-6-10;2*13-11-6-10(7-12(14)8-11)9-4-2-1-3-5-9;1-12-7-3-5(8(10)11)2-6(9)4-7;7-6-4-2-1-3-5-6/h9-24H,1-8H3;1-16H;2-9H,1H3;1-8H;1-8,14H;2-4,10-11H,1H3;1-5H. The second-order valence-electron chi connectivity index (χ2n) is 32.7. The fourth-order valence-electron chi connectivity index (χ4n) is 13.8. The predicted octanol–water partition coefficient (Wildman–Crippen LogP) is 30.8. The van der Waals surface area contributed by atoms with Crippen molar-refractivity contribution in [3.63, 3.8) is 0 Å². The highest BCUT2D eigenvalue weighted by Crippen LogP contribution is 2.42. The Balaban J connectivity index is 0.000000151. The first kappa shape index (κ1) is 102. The van der Waals surface area contributed by atoms with Crippen LogP contribution in [0.1, 0.15) is 55.4 Å². The van der Waals surface area contributed by atoms with Gasteiger partial charge in [0.1, 0.15) is 40.2 Å². The zero-order valence-electron chi connectivity index (χ0n) is 74.3. The van der Waals surface area contributed by atoms with Crippen LogP contribution >= 0.6 is 141 Å². The summed E-state index contributed by atoms with van der Waals surface area (Å²) >= 11 is 25.4. The molecule has 2 fully saturated rings. The second kappa shape index (κ2) is 48.3. The van der Waals surface area contributed by atoms with E-state index in [-0.39, 0.29) is 5.75 Å². The molecule has 0 saturated carbocycles. The molecule has 0 aliphatic carbocycles. The molecule has 668 valence electrons. The van der Waals surface area contributed by atoms with Crippen molar-refractivity contribution in [3.8, 4) is 118 Å². The summed E-state index contributed by atoms with van der Waals surface area (Å²) in [6, 6.07) is 129. The van der Waals surface area contributed by atoms with Gasteiger partial charge in [0.2, 0.25) is 0 Å². The third-order valence-corrected chi connectivity index (χ3v) is 26.0. The Labute approximate surface area is 854 Å². The number of aromatic hydroxyl groups is 1. The van der Waals surface area contributed by atoms with Gasteiger partial charge >= 0.3 is 21.4 Å². The van der Waals surface area contributed by atoms with E-state index in [9.17, 15) is 5.11 Å². The molecule has 0 amide bonds. The van der Waals surface area contributed by atoms with Gasteiger partial charge in [0.15, 0.2) is 0 Å². The van der Waals surface area contributed by atoms with Crippen LogP contribution in [0.4, 0.5) is 0 Å². The average Bonchev–Trinajstić information content (AvgIpc) is 1.62. The van der Waals surface area contributed by atoms with E-state index in [0.717, 1.165) is 116 Å². The first-order valence-electron chi connectivity index (χ1n) is 42.3. The van der Waals surface area contributed by atoms with Gasteiger partial charge in [0, 0.05) is 34.0 Å². The van der Waals surface area contributed by atoms with Crippen molar-refractivity contribution in [1.82, 2.24) is 0 Å². The molecule has 16 aromatic rings. The third kappa shape index (κ3) is 29.9. The molecule has 18 rings (SSSR count). The molecule has 11 nitrogen and oxygen atoms in total. The lowest BCUT2D eigenvalue weighted by Crippen LogP contribution is -2.41. The lowest BCUT2D eigenvalue weighted by molar-refractivity contribution is 0.00578. The van der Waals surface area contributed by atoms with Gasteiger partial charge in [0.05, 0.1) is 36.6 Å². The van der Waals surface area contributed by atoms with E-state index in [1.165, 1.54) is 30.9 Å². The van der Waals surface area contributed by atoms with Gasteiger partial charge in [-0.25, -0.2) is 0 Å². The number of hydrogen-bond donors (Lipinski definition) is 3. The molecule has 0 unspecified atom stereocenters. The van der Waals surface area contributed by atoms with Crippen LogP contribution in [0.25, 0.3) is 77.9 Å². The maximum atomic E-state index is 9.43. The van der Waals surface area contributed by atoms with Gasteiger partial charge < -0.3 is 52.7 Å². The Hall–Kier alpha value is -9.19. The molecule has 0 bridgehead atoms. The minimum Gasteiger partial charge on any atom is -0.508 e. The number of hydrogen-bond acceptors (Lipinski definition) is 11. The molecule has 0 spiro atoms. The first-order chi connectivity index (χ1) is 63.2. The van der Waals surface area contributed by atoms with Crippen molar-refractivity contribution in [2.45, 2.75) is 77.8 Å². The summed E-state index contributed by atoms with van der Waals surface area (Å²) in [6.45, 7) is 16.5. The van der Waals surface area contributed by atoms with Gasteiger partial charge in [-0.15, -0.1) is 0 Å². The van der Waals surface area contributed by atoms with Crippen molar-refractivity contribution in [1.29, 1.82) is 0 Å². The van der Waals surface area contributed by atoms with E-state index in [1.807, 2.05) is 188 Å². The van der Waals surface area contributed by atoms with Gasteiger partial charge in [-0.05, 0) is 340 Å². The highest BCUT2D eigenvalue weighted by atomic mass is 127. The predicted molar refractivity (Wildman–Crippen MR) is 584 cm³/mol. The average molecular weight is 2360 g/mol. The zero-order chi connectivity index (χ0) is 94.1. The fraction of sp³-hybridized carbons (Fsp3) is 0.127. The minimum atomic E-state index is -1.46. The van der Waals surface area contributed by atoms with Gasteiger partial charge in [0.25, 0.3) is 0 Å². The number of rotatable bonds is 16. The van der Waals surface area contributed by atoms with Crippen LogP contribution in [-0.2, 0) is 18.6 Å². The number of phenols is 1. The summed E-state index contributed by atoms with van der Waals surface area (Å²) in [7, 11) is 0.696. The Bertz CT molecular complexity index is 6060. The van der Waals surface area contributed by atoms with Crippen LogP contribution in [-0.4, -0.2) is 73.1 Å². The molecule has 0 aromatic heterocycles. The molecular weight excluding hydrogens is 2260 g/mol. The molecule has 0 radical (unpaired) electrons. The first-order valence-corrected chi connectivity index (χ1v) is 49.2. The second-order valence-corrected chi connectivity index (χ2v) is 40.7. The topological polar surface area (TPSA) is 135 Å². The van der Waals surface area contributed by atoms with Gasteiger partial charge in [-0.2, -0.15) is 0 Å². The molecule has 2 aliphatic rings. The van der Waals surface area contributed by atoms with Gasteiger partial charge in [-0.3, -0.25) is 0 Å². The quantitative estimate of drug-likeness (QED) is 0.0630. The maximum Gasteiger partial charge on any atom is 0.494 e. The Morgan fingerprint density at radius 1 is 0.250 bits per heavy atom. The van der Waals surface area contributed by atoms with E-state index in [0.29, 0.717) is 22.7 Å². The summed E-state index contributed by atoms with van der Waals surface area (Å²) in [6.07, 6.45) is 0. The molecule has 2 aliphatic heterocycles. The fourth-order valence-corrected chi connectivity index (χ4v) is 18.2. The number of ether oxygens (including phenoxy) is 4. The van der Waals surface area contributed by atoms with Gasteiger partial charge in [-0.1, -0.05) is 338 Å². The number of phenolic OH excluding ortho intramolecular Hbond substituents is 1. The summed E-state index contributed by atoms with van der Waals surface area (Å²) in [5.74, 6) is 4.70. The molecule has 0 atom stereocenters. The van der Waals surface area contributed by atoms with Crippen LogP contribution in [0.2, 0.25) is 0 Å². The van der Waals surface area contributed by atoms with E-state index < -0.39 is 43.8 Å². The maximum absolute atomic E-state index is 9.43. The van der Waals surface area contributed by atoms with Crippen LogP contribution in [0.15, 0.2) is 415 Å². The summed E-state index contributed by atoms with van der Waals surface area (Å²) in [5.41, 5.74) is 16.1. The summed E-state index contributed by atoms with van der Waals surface area (Å²) < 4.78 is 57.1. The zero-order valence-corrected chi connectivity index (χ0v) is 88.1. The number of halogens is 8. The van der Waals surface area contributed by atoms with Crippen molar-refractivity contribution in [2.75, 3.05) is 14.2 Å². The molecule has 2 heterocycles. The molecule has 2 saturated heterocycles. The largest absolute Gasteiger partial charge is 0.508 e. The van der Waals surface area contributed by atoms with Crippen LogP contribution in [0, 0.1) is 7.14 Å². The highest BCUT2D eigenvalue weighted by molar-refractivity contribution is 14.1. The van der Waals surface area contributed by atoms with Crippen molar-refractivity contribution in [3.05, 3.63) is 422 Å². The Morgan fingerprint density at radius 2 is 0.485 bits per heavy atom. The molecule has 132 heavy (non-hydrogen) atoms. The molecule has 22 heteroatoms. The van der Waals surface area contributed by atoms with Crippen molar-refractivity contribution < 1.29 is 52.7 Å². The van der Waals surface area contributed by atoms with Crippen LogP contribution < -0.4 is 35.3 Å². The minimum absolute atomic E-state index is 0.276. The highest BCUT2D eigenvalue weighted by Gasteiger charge is 2.53. The lowest BCUT2D eigenvalue weighted by Gasteiger charge is -2.32. The Kier molecular flexibility index (Phi) is 37.3. The van der Waals surface area contributed by atoms with E-state index >= 15 is 0 Å². The lowest BCUT2D eigenvalue weighted by atomic mass is 9.77. The number of methoxy groups -OCH3 is 2. The smallest absolute Gasteiger partial charge is 0.494 e. The summed E-state index contributed by atoms with van der Waals surface area (Å²) in [5, 5.41) is 27.1. The molecule has 3 N–H and O–H groups in total. The Morgan fingerprint density at radius 3 is 0.758 bits per heavy atom. The normalized spacial score (nSPS) is 13.3. The summed E-state index contributed by atoms with van der Waals surface area (Å²) in [4.78, 5) is 0. The SMILES string of the molecule is Brc1cc(I)cc(-c2ccccc2)c1.Brc1cc(Oc2cc(Br)cc(-c3ccccc3)c2)cc(-c2ccccc2)c1.CC1(C)OB(c2cc(Oc3cc(B4OC(C)(C)C(C)(C)O4)cc(-c4ccccc4)c3)cc(-c3ccccc3)c2)OC1(C)C.COc1cc(Br)cc(-c2ccccc2)c1.COc1cc(Br)cc(B(O)O)c1.Ic1ccccc1.Oc1cc(Br)cc(-c2ccccc2)c1. The molecule has 16 aromatic carbocycles.